The summed E-state index contributed by atoms with van der Waals surface area (Å²) in [6, 6.07) is 8.53. The summed E-state index contributed by atoms with van der Waals surface area (Å²) in [4.78, 5) is 9.42. The molecule has 1 aromatic rings. The van der Waals surface area contributed by atoms with Crippen LogP contribution >= 0.6 is 23.2 Å². The van der Waals surface area contributed by atoms with E-state index in [0.29, 0.717) is 10.2 Å². The summed E-state index contributed by atoms with van der Waals surface area (Å²) in [6.45, 7) is 4.34. The van der Waals surface area contributed by atoms with Gasteiger partial charge in [-0.15, -0.1) is 0 Å². The number of anilines is 1. The van der Waals surface area contributed by atoms with Crippen LogP contribution in [0.3, 0.4) is 0 Å². The number of nitrogens with zero attached hydrogens (tertiary/aromatic N) is 3. The monoisotopic (exact) mass is 363 g/mol. The molecule has 1 saturated heterocycles. The van der Waals surface area contributed by atoms with E-state index in [1.807, 2.05) is 6.08 Å². The van der Waals surface area contributed by atoms with Gasteiger partial charge < -0.3 is 20.4 Å². The Morgan fingerprint density at radius 1 is 1.08 bits per heavy atom. The largest absolute Gasteiger partial charge is 0.369 e. The Morgan fingerprint density at radius 3 is 2.50 bits per heavy atom. The average molecular weight is 364 g/mol. The van der Waals surface area contributed by atoms with E-state index in [9.17, 15) is 0 Å². The van der Waals surface area contributed by atoms with Crippen LogP contribution in [0.2, 0.25) is 0 Å². The van der Waals surface area contributed by atoms with Crippen LogP contribution in [0.5, 0.6) is 0 Å². The summed E-state index contributed by atoms with van der Waals surface area (Å²) in [7, 11) is 2.17. The smallest absolute Gasteiger partial charge is 0.162 e. The molecule has 1 fully saturated rings. The standard InChI is InChI=1S/C17H19Cl2N5/c1-23-6-8-24(9-7-23)12-4-2-11(3-5-12)16-20-14-10-13(18)15(19)21-17(14)22-16/h2-5,10,17,21H,6-9H2,1H3,(H,20,22)/t17-/m0/s1. The van der Waals surface area contributed by atoms with Crippen molar-refractivity contribution in [2.24, 2.45) is 4.99 Å². The van der Waals surface area contributed by atoms with Crippen LogP contribution in [0.4, 0.5) is 5.69 Å². The normalized spacial score (nSPS) is 24.1. The van der Waals surface area contributed by atoms with E-state index in [4.69, 9.17) is 23.2 Å². The highest BCUT2D eigenvalue weighted by molar-refractivity contribution is 6.40. The molecule has 0 radical (unpaired) electrons. The Hall–Kier alpha value is -1.69. The lowest BCUT2D eigenvalue weighted by Crippen LogP contribution is -2.44. The number of fused-ring (bicyclic) bond motifs is 1. The molecule has 0 aromatic heterocycles. The lowest BCUT2D eigenvalue weighted by molar-refractivity contribution is 0.313. The second-order valence-corrected chi connectivity index (χ2v) is 7.03. The molecule has 126 valence electrons. The van der Waals surface area contributed by atoms with Crippen LogP contribution in [0.25, 0.3) is 0 Å². The molecule has 5 nitrogen and oxygen atoms in total. The molecule has 24 heavy (non-hydrogen) atoms. The average Bonchev–Trinajstić information content (AvgIpc) is 2.99. The fourth-order valence-corrected chi connectivity index (χ4v) is 3.42. The van der Waals surface area contributed by atoms with Crippen LogP contribution in [-0.2, 0) is 0 Å². The van der Waals surface area contributed by atoms with E-state index in [0.717, 1.165) is 43.3 Å². The van der Waals surface area contributed by atoms with Crippen LogP contribution < -0.4 is 15.5 Å². The predicted octanol–water partition coefficient (Wildman–Crippen LogP) is 2.25. The molecule has 1 aromatic carbocycles. The van der Waals surface area contributed by atoms with E-state index in [-0.39, 0.29) is 6.17 Å². The third-order valence-electron chi connectivity index (χ3n) is 4.58. The minimum atomic E-state index is -0.188. The molecule has 0 amide bonds. The van der Waals surface area contributed by atoms with Gasteiger partial charge in [-0.1, -0.05) is 23.2 Å². The molecule has 4 rings (SSSR count). The minimum absolute atomic E-state index is 0.188. The van der Waals surface area contributed by atoms with E-state index in [2.05, 4.69) is 56.7 Å². The first-order chi connectivity index (χ1) is 11.6. The number of rotatable bonds is 2. The topological polar surface area (TPSA) is 42.9 Å². The van der Waals surface area contributed by atoms with Crippen molar-refractivity contribution in [1.29, 1.82) is 0 Å². The summed E-state index contributed by atoms with van der Waals surface area (Å²) in [5.41, 5.74) is 3.23. The number of halogens is 2. The van der Waals surface area contributed by atoms with Crippen molar-refractivity contribution >= 4 is 34.7 Å². The molecule has 0 saturated carbocycles. The Morgan fingerprint density at radius 2 is 1.79 bits per heavy atom. The fraction of sp³-hybridized carbons (Fsp3) is 0.353. The summed E-state index contributed by atoms with van der Waals surface area (Å²) < 4.78 is 0. The lowest BCUT2D eigenvalue weighted by Gasteiger charge is -2.34. The van der Waals surface area contributed by atoms with Gasteiger partial charge in [0.1, 0.15) is 11.0 Å². The zero-order valence-corrected chi connectivity index (χ0v) is 14.9. The molecule has 0 bridgehead atoms. The molecule has 0 spiro atoms. The maximum atomic E-state index is 6.05. The first-order valence-electron chi connectivity index (χ1n) is 8.02. The summed E-state index contributed by atoms with van der Waals surface area (Å²) in [6.07, 6.45) is 1.63. The number of aliphatic imine (C=N–C) groups is 1. The van der Waals surface area contributed by atoms with E-state index < -0.39 is 0 Å². The number of hydrogen-bond donors (Lipinski definition) is 2. The second kappa shape index (κ2) is 6.31. The molecule has 1 atom stereocenters. The Bertz CT molecular complexity index is 730. The number of hydrogen-bond acceptors (Lipinski definition) is 5. The Balaban J connectivity index is 1.49. The fourth-order valence-electron chi connectivity index (χ4n) is 3.09. The Labute approximate surface area is 151 Å². The first-order valence-corrected chi connectivity index (χ1v) is 8.78. The molecule has 3 aliphatic heterocycles. The quantitative estimate of drug-likeness (QED) is 0.790. The number of piperazine rings is 1. The van der Waals surface area contributed by atoms with E-state index in [1.165, 1.54) is 5.69 Å². The predicted molar refractivity (Wildman–Crippen MR) is 99.6 cm³/mol. The van der Waals surface area contributed by atoms with Gasteiger partial charge >= 0.3 is 0 Å². The summed E-state index contributed by atoms with van der Waals surface area (Å²) >= 11 is 12.1. The van der Waals surface area contributed by atoms with E-state index >= 15 is 0 Å². The second-order valence-electron chi connectivity index (χ2n) is 6.25. The van der Waals surface area contributed by atoms with Crippen LogP contribution in [0.1, 0.15) is 5.56 Å². The number of amidine groups is 1. The molecular formula is C17H19Cl2N5. The van der Waals surface area contributed by atoms with Crippen molar-refractivity contribution in [2.75, 3.05) is 38.1 Å². The van der Waals surface area contributed by atoms with Gasteiger partial charge in [-0.05, 0) is 37.4 Å². The first kappa shape index (κ1) is 15.8. The van der Waals surface area contributed by atoms with Gasteiger partial charge in [0, 0.05) is 37.4 Å². The minimum Gasteiger partial charge on any atom is -0.369 e. The van der Waals surface area contributed by atoms with Gasteiger partial charge in [0.15, 0.2) is 6.17 Å². The molecule has 0 unspecified atom stereocenters. The molecule has 3 aliphatic rings. The van der Waals surface area contributed by atoms with Crippen molar-refractivity contribution in [3.63, 3.8) is 0 Å². The molecule has 0 aliphatic carbocycles. The van der Waals surface area contributed by atoms with Gasteiger partial charge in [-0.25, -0.2) is 4.99 Å². The molecule has 3 heterocycles. The van der Waals surface area contributed by atoms with Crippen molar-refractivity contribution in [3.05, 3.63) is 51.8 Å². The molecular weight excluding hydrogens is 345 g/mol. The van der Waals surface area contributed by atoms with Crippen molar-refractivity contribution in [1.82, 2.24) is 15.5 Å². The number of benzene rings is 1. The third-order valence-corrected chi connectivity index (χ3v) is 5.29. The highest BCUT2D eigenvalue weighted by atomic mass is 35.5. The Kier molecular flexibility index (Phi) is 4.16. The number of likely N-dealkylation sites (N-methyl/N-ethyl adjacent to an activating group) is 1. The summed E-state index contributed by atoms with van der Waals surface area (Å²) in [5, 5.41) is 7.32. The highest BCUT2D eigenvalue weighted by Crippen LogP contribution is 2.26. The summed E-state index contributed by atoms with van der Waals surface area (Å²) in [5.74, 6) is 0.833. The van der Waals surface area contributed by atoms with Crippen molar-refractivity contribution in [2.45, 2.75) is 6.17 Å². The van der Waals surface area contributed by atoms with Gasteiger partial charge in [0.25, 0.3) is 0 Å². The third kappa shape index (κ3) is 2.99. The lowest BCUT2D eigenvalue weighted by atomic mass is 10.1. The highest BCUT2D eigenvalue weighted by Gasteiger charge is 2.27. The van der Waals surface area contributed by atoms with Crippen molar-refractivity contribution < 1.29 is 0 Å². The van der Waals surface area contributed by atoms with Gasteiger partial charge in [0.05, 0.1) is 10.7 Å². The maximum Gasteiger partial charge on any atom is 0.162 e. The van der Waals surface area contributed by atoms with Crippen LogP contribution in [-0.4, -0.2) is 50.1 Å². The SMILES string of the molecule is CN1CCN(c2ccc(C3=N[C@@H]4NC(Cl)=C(Cl)C=C4N3)cc2)CC1. The van der Waals surface area contributed by atoms with Crippen LogP contribution in [0.15, 0.2) is 51.2 Å². The zero-order chi connectivity index (χ0) is 16.7. The van der Waals surface area contributed by atoms with Gasteiger partial charge in [0.2, 0.25) is 0 Å². The zero-order valence-electron chi connectivity index (χ0n) is 13.4. The van der Waals surface area contributed by atoms with Gasteiger partial charge in [-0.2, -0.15) is 0 Å². The maximum absolute atomic E-state index is 6.05. The number of nitrogens with one attached hydrogen (secondary N) is 2. The van der Waals surface area contributed by atoms with Crippen molar-refractivity contribution in [3.8, 4) is 0 Å². The van der Waals surface area contributed by atoms with E-state index in [1.54, 1.807) is 0 Å². The van der Waals surface area contributed by atoms with Crippen LogP contribution in [0, 0.1) is 0 Å². The molecule has 2 N–H and O–H groups in total. The number of dihydropyridines is 1. The number of allylic oxidation sites excluding steroid dienone is 2. The molecule has 7 heteroatoms. The van der Waals surface area contributed by atoms with Gasteiger partial charge in [-0.3, -0.25) is 0 Å².